The van der Waals surface area contributed by atoms with Crippen LogP contribution in [-0.2, 0) is 9.53 Å². The van der Waals surface area contributed by atoms with Gasteiger partial charge in [0.2, 0.25) is 0 Å². The van der Waals surface area contributed by atoms with Crippen molar-refractivity contribution in [1.82, 2.24) is 9.80 Å². The number of esters is 1. The fraction of sp³-hybridized carbons (Fsp3) is 0.750. The lowest BCUT2D eigenvalue weighted by Gasteiger charge is -2.37. The third-order valence-electron chi connectivity index (χ3n) is 3.21. The number of hydrogen-bond donors (Lipinski definition) is 0. The second-order valence-corrected chi connectivity index (χ2v) is 4.47. The van der Waals surface area contributed by atoms with Crippen LogP contribution in [-0.4, -0.2) is 62.1 Å². The standard InChI is InChI=1S/C12H22N2O2/c1-10(12(15)16-4)5-6-14-8-7-13(3)11(2)9-14/h5,11H,6-9H2,1-4H3. The van der Waals surface area contributed by atoms with Gasteiger partial charge in [0.05, 0.1) is 7.11 Å². The van der Waals surface area contributed by atoms with Crippen LogP contribution in [0.2, 0.25) is 0 Å². The lowest BCUT2D eigenvalue weighted by atomic mass is 10.2. The summed E-state index contributed by atoms with van der Waals surface area (Å²) in [6.07, 6.45) is 1.95. The smallest absolute Gasteiger partial charge is 0.333 e. The summed E-state index contributed by atoms with van der Waals surface area (Å²) in [6, 6.07) is 0.584. The molecule has 1 fully saturated rings. The highest BCUT2D eigenvalue weighted by molar-refractivity contribution is 5.87. The molecule has 0 saturated carbocycles. The average Bonchev–Trinajstić information content (AvgIpc) is 2.29. The highest BCUT2D eigenvalue weighted by Crippen LogP contribution is 2.07. The lowest BCUT2D eigenvalue weighted by molar-refractivity contribution is -0.136. The minimum atomic E-state index is -0.234. The Labute approximate surface area is 97.9 Å². The fourth-order valence-electron chi connectivity index (χ4n) is 1.80. The van der Waals surface area contributed by atoms with E-state index in [0.29, 0.717) is 11.6 Å². The monoisotopic (exact) mass is 226 g/mol. The first-order chi connectivity index (χ1) is 7.54. The number of piperazine rings is 1. The van der Waals surface area contributed by atoms with Gasteiger partial charge >= 0.3 is 5.97 Å². The summed E-state index contributed by atoms with van der Waals surface area (Å²) in [6.45, 7) is 8.06. The maximum absolute atomic E-state index is 11.2. The first kappa shape index (κ1) is 13.2. The Bertz CT molecular complexity index is 276. The summed E-state index contributed by atoms with van der Waals surface area (Å²) >= 11 is 0. The van der Waals surface area contributed by atoms with E-state index in [0.717, 1.165) is 26.2 Å². The molecule has 1 unspecified atom stereocenters. The summed E-state index contributed by atoms with van der Waals surface area (Å²) in [5.41, 5.74) is 0.689. The molecule has 1 rings (SSSR count). The first-order valence-corrected chi connectivity index (χ1v) is 5.72. The summed E-state index contributed by atoms with van der Waals surface area (Å²) in [4.78, 5) is 15.9. The van der Waals surface area contributed by atoms with Gasteiger partial charge in [-0.2, -0.15) is 0 Å². The quantitative estimate of drug-likeness (QED) is 0.525. The molecule has 0 aliphatic carbocycles. The minimum Gasteiger partial charge on any atom is -0.466 e. The highest BCUT2D eigenvalue weighted by atomic mass is 16.5. The molecule has 1 aliphatic rings. The largest absolute Gasteiger partial charge is 0.466 e. The first-order valence-electron chi connectivity index (χ1n) is 5.72. The Kier molecular flexibility index (Phi) is 4.96. The van der Waals surface area contributed by atoms with Crippen molar-refractivity contribution in [1.29, 1.82) is 0 Å². The summed E-state index contributed by atoms with van der Waals surface area (Å²) in [7, 11) is 3.56. The molecule has 0 spiro atoms. The zero-order valence-corrected chi connectivity index (χ0v) is 10.7. The van der Waals surface area contributed by atoms with Gasteiger partial charge in [0.15, 0.2) is 0 Å². The topological polar surface area (TPSA) is 32.8 Å². The van der Waals surface area contributed by atoms with E-state index in [2.05, 4.69) is 28.5 Å². The maximum atomic E-state index is 11.2. The molecule has 0 aromatic carbocycles. The van der Waals surface area contributed by atoms with E-state index in [-0.39, 0.29) is 5.97 Å². The van der Waals surface area contributed by atoms with Gasteiger partial charge in [0, 0.05) is 37.8 Å². The summed E-state index contributed by atoms with van der Waals surface area (Å²) < 4.78 is 4.66. The second-order valence-electron chi connectivity index (χ2n) is 4.47. The normalized spacial score (nSPS) is 24.5. The third-order valence-corrected chi connectivity index (χ3v) is 3.21. The van der Waals surface area contributed by atoms with Crippen LogP contribution in [0.3, 0.4) is 0 Å². The number of likely N-dealkylation sites (N-methyl/N-ethyl adjacent to an activating group) is 1. The van der Waals surface area contributed by atoms with Crippen molar-refractivity contribution >= 4 is 5.97 Å². The molecule has 4 heteroatoms. The second kappa shape index (κ2) is 6.01. The van der Waals surface area contributed by atoms with Gasteiger partial charge in [-0.05, 0) is 20.9 Å². The summed E-state index contributed by atoms with van der Waals surface area (Å²) in [5, 5.41) is 0. The van der Waals surface area contributed by atoms with Crippen molar-refractivity contribution in [3.8, 4) is 0 Å². The Balaban J connectivity index is 2.41. The van der Waals surface area contributed by atoms with Crippen LogP contribution < -0.4 is 0 Å². The van der Waals surface area contributed by atoms with Crippen LogP contribution in [0.5, 0.6) is 0 Å². The van der Waals surface area contributed by atoms with Crippen LogP contribution in [0.1, 0.15) is 13.8 Å². The fourth-order valence-corrected chi connectivity index (χ4v) is 1.80. The van der Waals surface area contributed by atoms with Crippen LogP contribution in [0.4, 0.5) is 0 Å². The Morgan fingerprint density at radius 2 is 2.19 bits per heavy atom. The predicted molar refractivity (Wildman–Crippen MR) is 64.3 cm³/mol. The minimum absolute atomic E-state index is 0.234. The van der Waals surface area contributed by atoms with Crippen molar-refractivity contribution in [2.24, 2.45) is 0 Å². The number of hydrogen-bond acceptors (Lipinski definition) is 4. The predicted octanol–water partition coefficient (Wildman–Crippen LogP) is 0.742. The van der Waals surface area contributed by atoms with Crippen LogP contribution in [0.25, 0.3) is 0 Å². The molecule has 1 aliphatic heterocycles. The highest BCUT2D eigenvalue weighted by Gasteiger charge is 2.19. The lowest BCUT2D eigenvalue weighted by Crippen LogP contribution is -2.49. The number of ether oxygens (including phenoxy) is 1. The Morgan fingerprint density at radius 1 is 1.50 bits per heavy atom. The molecule has 0 aromatic rings. The molecular formula is C12H22N2O2. The molecule has 1 heterocycles. The zero-order valence-electron chi connectivity index (χ0n) is 10.7. The number of nitrogens with zero attached hydrogens (tertiary/aromatic N) is 2. The van der Waals surface area contributed by atoms with E-state index in [4.69, 9.17) is 0 Å². The van der Waals surface area contributed by atoms with Gasteiger partial charge in [0.1, 0.15) is 0 Å². The SMILES string of the molecule is COC(=O)C(C)=CCN1CCN(C)C(C)C1. The molecule has 0 N–H and O–H groups in total. The van der Waals surface area contributed by atoms with Gasteiger partial charge in [-0.25, -0.2) is 4.79 Å². The van der Waals surface area contributed by atoms with Gasteiger partial charge in [-0.15, -0.1) is 0 Å². The molecule has 92 valence electrons. The van der Waals surface area contributed by atoms with E-state index in [1.165, 1.54) is 7.11 Å². The number of carbonyl (C=O) groups is 1. The van der Waals surface area contributed by atoms with Gasteiger partial charge < -0.3 is 9.64 Å². The van der Waals surface area contributed by atoms with Crippen molar-refractivity contribution in [3.05, 3.63) is 11.6 Å². The van der Waals surface area contributed by atoms with Crippen LogP contribution in [0, 0.1) is 0 Å². The van der Waals surface area contributed by atoms with Gasteiger partial charge in [-0.3, -0.25) is 4.90 Å². The molecule has 1 atom stereocenters. The zero-order chi connectivity index (χ0) is 12.1. The molecule has 0 aromatic heterocycles. The Morgan fingerprint density at radius 3 is 2.75 bits per heavy atom. The van der Waals surface area contributed by atoms with Gasteiger partial charge in [-0.1, -0.05) is 6.08 Å². The number of rotatable bonds is 3. The van der Waals surface area contributed by atoms with Gasteiger partial charge in [0.25, 0.3) is 0 Å². The molecule has 0 bridgehead atoms. The average molecular weight is 226 g/mol. The van der Waals surface area contributed by atoms with Crippen molar-refractivity contribution in [3.63, 3.8) is 0 Å². The maximum Gasteiger partial charge on any atom is 0.333 e. The molecule has 0 radical (unpaired) electrons. The van der Waals surface area contributed by atoms with E-state index in [9.17, 15) is 4.79 Å². The van der Waals surface area contributed by atoms with E-state index in [1.807, 2.05) is 6.08 Å². The number of carbonyl (C=O) groups excluding carboxylic acids is 1. The molecule has 4 nitrogen and oxygen atoms in total. The molecule has 0 amide bonds. The van der Waals surface area contributed by atoms with Crippen LogP contribution in [0.15, 0.2) is 11.6 Å². The molecule has 1 saturated heterocycles. The van der Waals surface area contributed by atoms with E-state index >= 15 is 0 Å². The van der Waals surface area contributed by atoms with Crippen molar-refractivity contribution < 1.29 is 9.53 Å². The van der Waals surface area contributed by atoms with E-state index < -0.39 is 0 Å². The molecule has 16 heavy (non-hydrogen) atoms. The van der Waals surface area contributed by atoms with Crippen molar-refractivity contribution in [2.45, 2.75) is 19.9 Å². The van der Waals surface area contributed by atoms with Crippen LogP contribution >= 0.6 is 0 Å². The number of methoxy groups -OCH3 is 1. The summed E-state index contributed by atoms with van der Waals surface area (Å²) in [5.74, 6) is -0.234. The third kappa shape index (κ3) is 3.61. The van der Waals surface area contributed by atoms with E-state index in [1.54, 1.807) is 6.92 Å². The van der Waals surface area contributed by atoms with Crippen molar-refractivity contribution in [2.75, 3.05) is 40.3 Å². The Hall–Kier alpha value is -0.870. The molecular weight excluding hydrogens is 204 g/mol.